The molecule has 0 bridgehead atoms. The maximum atomic E-state index is 12.9. The molecule has 2 aromatic carbocycles. The number of benzene rings is 2. The number of nitrogens with one attached hydrogen (secondary N) is 1. The highest BCUT2D eigenvalue weighted by Gasteiger charge is 2.33. The second-order valence-corrected chi connectivity index (χ2v) is 5.80. The van der Waals surface area contributed by atoms with Crippen molar-refractivity contribution in [1.29, 1.82) is 0 Å². The molecule has 0 aliphatic carbocycles. The fraction of sp³-hybridized carbons (Fsp3) is 0.167. The van der Waals surface area contributed by atoms with Gasteiger partial charge >= 0.3 is 0 Å². The van der Waals surface area contributed by atoms with E-state index in [-0.39, 0.29) is 11.5 Å². The third kappa shape index (κ3) is 2.00. The largest absolute Gasteiger partial charge is 0.494 e. The first kappa shape index (κ1) is 14.4. The van der Waals surface area contributed by atoms with Gasteiger partial charge in [0, 0.05) is 11.3 Å². The average Bonchev–Trinajstić information content (AvgIpc) is 2.90. The first-order valence-electron chi connectivity index (χ1n) is 7.55. The van der Waals surface area contributed by atoms with Crippen molar-refractivity contribution in [2.24, 2.45) is 0 Å². The fourth-order valence-electron chi connectivity index (χ4n) is 3.13. The molecule has 4 rings (SSSR count). The van der Waals surface area contributed by atoms with Gasteiger partial charge in [-0.2, -0.15) is 0 Å². The molecular weight excluding hydrogens is 306 g/mol. The second kappa shape index (κ2) is 5.19. The van der Waals surface area contributed by atoms with Crippen LogP contribution in [0, 0.1) is 6.92 Å². The quantitative estimate of drug-likeness (QED) is 0.786. The molecule has 0 radical (unpaired) electrons. The van der Waals surface area contributed by atoms with Crippen molar-refractivity contribution in [3.8, 4) is 5.75 Å². The standard InChI is InChI=1S/C18H15N3O3/c1-10-6-7-13-12(8-10)16(17(22)20-13)21-9-19-15-11(18(21)23)4-3-5-14(15)24-2/h3-9,16H,1-2H3,(H,20,22)/t16-/m0/s1. The zero-order chi connectivity index (χ0) is 16.8. The van der Waals surface area contributed by atoms with Gasteiger partial charge in [-0.3, -0.25) is 14.2 Å². The molecule has 1 aliphatic rings. The van der Waals surface area contributed by atoms with Gasteiger partial charge < -0.3 is 10.1 Å². The van der Waals surface area contributed by atoms with Gasteiger partial charge in [-0.25, -0.2) is 4.98 Å². The molecule has 0 saturated heterocycles. The maximum Gasteiger partial charge on any atom is 0.262 e. The highest BCUT2D eigenvalue weighted by Crippen LogP contribution is 2.33. The van der Waals surface area contributed by atoms with Crippen LogP contribution in [0.5, 0.6) is 5.75 Å². The Kier molecular flexibility index (Phi) is 3.13. The molecule has 3 aromatic rings. The van der Waals surface area contributed by atoms with Crippen molar-refractivity contribution in [1.82, 2.24) is 9.55 Å². The van der Waals surface area contributed by atoms with Crippen LogP contribution in [-0.2, 0) is 4.79 Å². The Balaban J connectivity index is 1.96. The number of aryl methyl sites for hydroxylation is 1. The van der Waals surface area contributed by atoms with E-state index >= 15 is 0 Å². The first-order valence-corrected chi connectivity index (χ1v) is 7.55. The number of aromatic nitrogens is 2. The van der Waals surface area contributed by atoms with Gasteiger partial charge in [-0.1, -0.05) is 23.8 Å². The Hall–Kier alpha value is -3.15. The number of amides is 1. The molecule has 6 nitrogen and oxygen atoms in total. The van der Waals surface area contributed by atoms with Gasteiger partial charge in [0.15, 0.2) is 0 Å². The van der Waals surface area contributed by atoms with Crippen LogP contribution in [0.3, 0.4) is 0 Å². The number of methoxy groups -OCH3 is 1. The summed E-state index contributed by atoms with van der Waals surface area (Å²) in [7, 11) is 1.53. The van der Waals surface area contributed by atoms with Crippen LogP contribution in [0.25, 0.3) is 10.9 Å². The van der Waals surface area contributed by atoms with Gasteiger partial charge in [0.05, 0.1) is 18.8 Å². The van der Waals surface area contributed by atoms with Crippen LogP contribution in [0.2, 0.25) is 0 Å². The summed E-state index contributed by atoms with van der Waals surface area (Å²) in [6.45, 7) is 1.95. The van der Waals surface area contributed by atoms with Crippen molar-refractivity contribution in [3.05, 3.63) is 64.2 Å². The van der Waals surface area contributed by atoms with E-state index in [0.29, 0.717) is 16.7 Å². The number of anilines is 1. The molecule has 1 amide bonds. The minimum atomic E-state index is -0.712. The van der Waals surface area contributed by atoms with E-state index in [9.17, 15) is 9.59 Å². The zero-order valence-electron chi connectivity index (χ0n) is 13.2. The van der Waals surface area contributed by atoms with Crippen LogP contribution in [0.1, 0.15) is 17.2 Å². The lowest BCUT2D eigenvalue weighted by Crippen LogP contribution is -2.30. The molecule has 0 saturated carbocycles. The van der Waals surface area contributed by atoms with E-state index in [1.807, 2.05) is 25.1 Å². The molecule has 24 heavy (non-hydrogen) atoms. The third-order valence-corrected chi connectivity index (χ3v) is 4.28. The van der Waals surface area contributed by atoms with Crippen LogP contribution >= 0.6 is 0 Å². The van der Waals surface area contributed by atoms with E-state index in [1.54, 1.807) is 18.2 Å². The Morgan fingerprint density at radius 1 is 1.21 bits per heavy atom. The predicted octanol–water partition coefficient (Wildman–Crippen LogP) is 2.26. The SMILES string of the molecule is COc1cccc2c(=O)n([C@@H]3C(=O)Nc4ccc(C)cc43)cnc12. The van der Waals surface area contributed by atoms with Gasteiger partial charge in [-0.15, -0.1) is 0 Å². The molecular formula is C18H15N3O3. The molecule has 1 atom stereocenters. The first-order chi connectivity index (χ1) is 11.6. The maximum absolute atomic E-state index is 12.9. The number of fused-ring (bicyclic) bond motifs is 2. The van der Waals surface area contributed by atoms with Crippen molar-refractivity contribution in [3.63, 3.8) is 0 Å². The molecule has 120 valence electrons. The molecule has 0 spiro atoms. The Morgan fingerprint density at radius 3 is 2.83 bits per heavy atom. The number of nitrogens with zero attached hydrogens (tertiary/aromatic N) is 2. The van der Waals surface area contributed by atoms with E-state index in [0.717, 1.165) is 16.8 Å². The Labute approximate surface area is 137 Å². The topological polar surface area (TPSA) is 73.2 Å². The van der Waals surface area contributed by atoms with E-state index in [4.69, 9.17) is 4.74 Å². The second-order valence-electron chi connectivity index (χ2n) is 5.80. The lowest BCUT2D eigenvalue weighted by molar-refractivity contribution is -0.117. The minimum absolute atomic E-state index is 0.234. The van der Waals surface area contributed by atoms with Crippen LogP contribution in [0.15, 0.2) is 47.5 Å². The summed E-state index contributed by atoms with van der Waals surface area (Å²) in [5, 5.41) is 3.24. The number of para-hydroxylation sites is 1. The Bertz CT molecular complexity index is 1040. The van der Waals surface area contributed by atoms with Gasteiger partial charge in [0.2, 0.25) is 0 Å². The molecule has 1 aromatic heterocycles. The van der Waals surface area contributed by atoms with E-state index in [2.05, 4.69) is 10.3 Å². The minimum Gasteiger partial charge on any atom is -0.494 e. The van der Waals surface area contributed by atoms with Crippen LogP contribution in [0.4, 0.5) is 5.69 Å². The number of carbonyl (C=O) groups excluding carboxylic acids is 1. The highest BCUT2D eigenvalue weighted by molar-refractivity contribution is 6.03. The monoisotopic (exact) mass is 321 g/mol. The van der Waals surface area contributed by atoms with Crippen molar-refractivity contribution in [2.75, 3.05) is 12.4 Å². The summed E-state index contributed by atoms with van der Waals surface area (Å²) in [5.41, 5.74) is 2.76. The van der Waals surface area contributed by atoms with Gasteiger partial charge in [-0.05, 0) is 25.1 Å². The lowest BCUT2D eigenvalue weighted by Gasteiger charge is -2.14. The number of carbonyl (C=O) groups is 1. The zero-order valence-corrected chi connectivity index (χ0v) is 13.2. The molecule has 6 heteroatoms. The summed E-state index contributed by atoms with van der Waals surface area (Å²) in [6, 6.07) is 10.2. The number of hydrogen-bond acceptors (Lipinski definition) is 4. The van der Waals surface area contributed by atoms with E-state index < -0.39 is 6.04 Å². The van der Waals surface area contributed by atoms with Crippen molar-refractivity contribution in [2.45, 2.75) is 13.0 Å². The molecule has 0 unspecified atom stereocenters. The summed E-state index contributed by atoms with van der Waals surface area (Å²) in [6.07, 6.45) is 1.41. The number of rotatable bonds is 2. The average molecular weight is 321 g/mol. The summed E-state index contributed by atoms with van der Waals surface area (Å²) in [4.78, 5) is 29.7. The number of ether oxygens (including phenoxy) is 1. The highest BCUT2D eigenvalue weighted by atomic mass is 16.5. The van der Waals surface area contributed by atoms with Gasteiger partial charge in [0.1, 0.15) is 17.3 Å². The van der Waals surface area contributed by atoms with Crippen molar-refractivity contribution < 1.29 is 9.53 Å². The third-order valence-electron chi connectivity index (χ3n) is 4.28. The lowest BCUT2D eigenvalue weighted by atomic mass is 10.1. The molecule has 0 fully saturated rings. The summed E-state index contributed by atoms with van der Waals surface area (Å²) >= 11 is 0. The smallest absolute Gasteiger partial charge is 0.262 e. The number of hydrogen-bond donors (Lipinski definition) is 1. The molecule has 1 aliphatic heterocycles. The van der Waals surface area contributed by atoms with Crippen molar-refractivity contribution >= 4 is 22.5 Å². The van der Waals surface area contributed by atoms with Gasteiger partial charge in [0.25, 0.3) is 11.5 Å². The van der Waals surface area contributed by atoms with E-state index in [1.165, 1.54) is 18.0 Å². The summed E-state index contributed by atoms with van der Waals surface area (Å²) < 4.78 is 6.63. The Morgan fingerprint density at radius 2 is 2.04 bits per heavy atom. The normalized spacial score (nSPS) is 16.1. The summed E-state index contributed by atoms with van der Waals surface area (Å²) in [5.74, 6) is 0.297. The molecule has 2 heterocycles. The van der Waals surface area contributed by atoms with Crippen LogP contribution < -0.4 is 15.6 Å². The predicted molar refractivity (Wildman–Crippen MR) is 90.5 cm³/mol. The molecule has 1 N–H and O–H groups in total. The van der Waals surface area contributed by atoms with Crippen LogP contribution in [-0.4, -0.2) is 22.6 Å². The fourth-order valence-corrected chi connectivity index (χ4v) is 3.13.